The second-order valence-electron chi connectivity index (χ2n) is 17.1. The Kier molecular flexibility index (Phi) is 6.27. The summed E-state index contributed by atoms with van der Waals surface area (Å²) in [6.07, 6.45) is 8.39. The van der Waals surface area contributed by atoms with Crippen LogP contribution in [0.1, 0.15) is 128 Å². The van der Waals surface area contributed by atoms with Gasteiger partial charge in [0.1, 0.15) is 0 Å². The zero-order valence-corrected chi connectivity index (χ0v) is 28.1. The van der Waals surface area contributed by atoms with Crippen LogP contribution in [-0.2, 0) is 28.1 Å². The van der Waals surface area contributed by atoms with Crippen molar-refractivity contribution in [2.24, 2.45) is 0 Å². The lowest BCUT2D eigenvalue weighted by molar-refractivity contribution is 0.588. The summed E-state index contributed by atoms with van der Waals surface area (Å²) in [6.45, 7) is 28.0. The van der Waals surface area contributed by atoms with Gasteiger partial charge in [0.2, 0.25) is 0 Å². The normalized spacial score (nSPS) is 15.5. The molecule has 0 saturated heterocycles. The van der Waals surface area contributed by atoms with Gasteiger partial charge in [-0.1, -0.05) is 101 Å². The number of hydrogen-bond acceptors (Lipinski definition) is 0. The first-order chi connectivity index (χ1) is 19.3. The van der Waals surface area contributed by atoms with Gasteiger partial charge in [-0.15, -0.1) is 0 Å². The van der Waals surface area contributed by atoms with E-state index in [2.05, 4.69) is 150 Å². The van der Waals surface area contributed by atoms with Crippen molar-refractivity contribution >= 4 is 33.7 Å². The molecule has 0 unspecified atom stereocenters. The Morgan fingerprint density at radius 3 is 1.40 bits per heavy atom. The van der Waals surface area contributed by atoms with Crippen LogP contribution in [0.2, 0.25) is 0 Å². The third-order valence-electron chi connectivity index (χ3n) is 9.44. The predicted octanol–water partition coefficient (Wildman–Crippen LogP) is 11.8. The van der Waals surface area contributed by atoms with Crippen LogP contribution in [0.3, 0.4) is 0 Å². The molecule has 0 atom stereocenters. The molecule has 6 rings (SSSR count). The fraction of sp³-hybridized carbons (Fsp3) is 0.405. The molecule has 0 spiro atoms. The molecule has 0 fully saturated rings. The van der Waals surface area contributed by atoms with E-state index in [4.69, 9.17) is 0 Å². The number of benzene rings is 4. The van der Waals surface area contributed by atoms with E-state index in [1.807, 2.05) is 0 Å². The lowest BCUT2D eigenvalue weighted by atomic mass is 9.74. The van der Waals surface area contributed by atoms with Crippen LogP contribution in [0.25, 0.3) is 33.7 Å². The molecule has 4 aromatic rings. The van der Waals surface area contributed by atoms with Gasteiger partial charge in [-0.2, -0.15) is 0 Å². The van der Waals surface area contributed by atoms with Gasteiger partial charge < -0.3 is 0 Å². The molecule has 0 aromatic heterocycles. The molecule has 0 N–H and O–H groups in total. The molecular weight excluding hydrogens is 504 g/mol. The van der Waals surface area contributed by atoms with Crippen LogP contribution < -0.4 is 0 Å². The molecular formula is C42H49+. The minimum absolute atomic E-state index is 0.0865. The van der Waals surface area contributed by atoms with Gasteiger partial charge in [0, 0.05) is 35.9 Å². The van der Waals surface area contributed by atoms with E-state index in [0.29, 0.717) is 0 Å². The predicted molar refractivity (Wildman–Crippen MR) is 186 cm³/mol. The molecule has 216 valence electrons. The molecule has 0 amide bonds. The Hall–Kier alpha value is -3.25. The summed E-state index contributed by atoms with van der Waals surface area (Å²) < 4.78 is 0. The molecule has 0 radical (unpaired) electrons. The monoisotopic (exact) mass is 553 g/mol. The van der Waals surface area contributed by atoms with Gasteiger partial charge >= 0.3 is 0 Å². The van der Waals surface area contributed by atoms with Gasteiger partial charge in [-0.05, 0) is 96.2 Å². The third-order valence-corrected chi connectivity index (χ3v) is 9.44. The number of rotatable bonds is 1. The van der Waals surface area contributed by atoms with Gasteiger partial charge in [-0.25, -0.2) is 0 Å². The molecule has 0 aliphatic heterocycles. The maximum absolute atomic E-state index is 2.49. The summed E-state index contributed by atoms with van der Waals surface area (Å²) in [7, 11) is 0. The zero-order valence-electron chi connectivity index (χ0n) is 28.1. The largest absolute Gasteiger partial charge is 0.0822 e. The smallest absolute Gasteiger partial charge is 0.0561 e. The fourth-order valence-electron chi connectivity index (χ4n) is 6.63. The fourth-order valence-corrected chi connectivity index (χ4v) is 6.63. The third kappa shape index (κ3) is 5.02. The lowest BCUT2D eigenvalue weighted by Crippen LogP contribution is -2.16. The molecule has 0 saturated carbocycles. The molecule has 4 aromatic carbocycles. The first kappa shape index (κ1) is 28.9. The van der Waals surface area contributed by atoms with Crippen molar-refractivity contribution in [3.8, 4) is 0 Å². The van der Waals surface area contributed by atoms with Gasteiger partial charge in [0.25, 0.3) is 0 Å². The van der Waals surface area contributed by atoms with E-state index >= 15 is 0 Å². The van der Waals surface area contributed by atoms with Crippen molar-refractivity contribution in [2.45, 2.75) is 111 Å². The van der Waals surface area contributed by atoms with Crippen LogP contribution in [0.4, 0.5) is 0 Å². The van der Waals surface area contributed by atoms with Crippen LogP contribution in [0, 0.1) is 6.42 Å². The van der Waals surface area contributed by atoms with E-state index in [1.54, 1.807) is 0 Å². The average molecular weight is 554 g/mol. The van der Waals surface area contributed by atoms with Gasteiger partial charge in [0.15, 0.2) is 0 Å². The molecule has 0 nitrogen and oxygen atoms in total. The Balaban J connectivity index is 1.58. The van der Waals surface area contributed by atoms with E-state index in [9.17, 15) is 0 Å². The minimum Gasteiger partial charge on any atom is -0.0561 e. The first-order valence-electron chi connectivity index (χ1n) is 15.8. The summed E-state index contributed by atoms with van der Waals surface area (Å²) in [5.41, 5.74) is 14.3. The average Bonchev–Trinajstić information content (AvgIpc) is 2.85. The van der Waals surface area contributed by atoms with Crippen molar-refractivity contribution in [3.05, 3.63) is 111 Å². The topological polar surface area (TPSA) is 0 Å². The zero-order chi connectivity index (χ0) is 30.6. The second-order valence-corrected chi connectivity index (χ2v) is 17.1. The summed E-state index contributed by atoms with van der Waals surface area (Å²) in [6, 6.07) is 19.6. The lowest BCUT2D eigenvalue weighted by Gasteiger charge is -2.27. The van der Waals surface area contributed by atoms with Crippen LogP contribution >= 0.6 is 0 Å². The van der Waals surface area contributed by atoms with Crippen molar-refractivity contribution in [3.63, 3.8) is 0 Å². The van der Waals surface area contributed by atoms with Crippen molar-refractivity contribution in [2.75, 3.05) is 0 Å². The van der Waals surface area contributed by atoms with Gasteiger partial charge in [0.05, 0.1) is 22.1 Å². The molecule has 0 heteroatoms. The Morgan fingerprint density at radius 2 is 0.905 bits per heavy atom. The minimum atomic E-state index is 0.0865. The maximum atomic E-state index is 2.49. The van der Waals surface area contributed by atoms with E-state index in [-0.39, 0.29) is 21.7 Å². The SMILES string of the molecule is CC(C)(C)c1cc2c3c(cc(C(C)(C)C)cc3c1)[CH+]C(C1=Cc3cc(C(C)(C)C)cc4cc(C(C)(C)C)cc(c34)C1)=C2. The van der Waals surface area contributed by atoms with Crippen molar-refractivity contribution in [1.82, 2.24) is 0 Å². The molecule has 2 aliphatic carbocycles. The van der Waals surface area contributed by atoms with Crippen molar-refractivity contribution < 1.29 is 0 Å². The highest BCUT2D eigenvalue weighted by Gasteiger charge is 2.31. The highest BCUT2D eigenvalue weighted by Crippen LogP contribution is 2.44. The number of allylic oxidation sites excluding steroid dienone is 2. The second kappa shape index (κ2) is 9.12. The number of hydrogen-bond donors (Lipinski definition) is 0. The van der Waals surface area contributed by atoms with Crippen LogP contribution in [0.15, 0.2) is 59.7 Å². The summed E-state index contributed by atoms with van der Waals surface area (Å²) >= 11 is 0. The summed E-state index contributed by atoms with van der Waals surface area (Å²) in [5.74, 6) is 0. The van der Waals surface area contributed by atoms with E-state index < -0.39 is 0 Å². The standard InChI is InChI=1S/C42H49/c1-39(2,3)33-17-27-13-25(14-28-18-34(40(4,5)6)22-31(21-33)37(27)28)26-15-29-19-35(41(7,8)9)23-32-24-36(42(10,11)12)20-30(16-26)38(29)32/h13-15,17-24H,16H2,1-12H3/q+1. The van der Waals surface area contributed by atoms with Crippen LogP contribution in [-0.4, -0.2) is 0 Å². The molecule has 0 heterocycles. The van der Waals surface area contributed by atoms with E-state index in [1.165, 1.54) is 77.2 Å². The van der Waals surface area contributed by atoms with Crippen LogP contribution in [0.5, 0.6) is 0 Å². The first-order valence-corrected chi connectivity index (χ1v) is 15.8. The Labute approximate surface area is 254 Å². The Bertz CT molecular complexity index is 1680. The molecule has 42 heavy (non-hydrogen) atoms. The summed E-state index contributed by atoms with van der Waals surface area (Å²) in [4.78, 5) is 0. The van der Waals surface area contributed by atoms with Gasteiger partial charge in [-0.3, -0.25) is 0 Å². The molecule has 2 aliphatic rings. The molecule has 0 bridgehead atoms. The highest BCUT2D eigenvalue weighted by atomic mass is 14.3. The van der Waals surface area contributed by atoms with E-state index in [0.717, 1.165) is 6.42 Å². The summed E-state index contributed by atoms with van der Waals surface area (Å²) in [5, 5.41) is 5.58. The Morgan fingerprint density at radius 1 is 0.476 bits per heavy atom. The van der Waals surface area contributed by atoms with Crippen molar-refractivity contribution in [1.29, 1.82) is 0 Å². The quantitative estimate of drug-likeness (QED) is 0.206. The maximum Gasteiger partial charge on any atom is 0.0822 e. The highest BCUT2D eigenvalue weighted by molar-refractivity contribution is 6.02.